The number of amides is 2. The van der Waals surface area contributed by atoms with Gasteiger partial charge in [-0.25, -0.2) is 4.39 Å². The number of carbonyl (C=O) groups excluding carboxylic acids is 2. The molecule has 2 aromatic carbocycles. The van der Waals surface area contributed by atoms with Crippen LogP contribution in [0.15, 0.2) is 63.7 Å². The lowest BCUT2D eigenvalue weighted by atomic mass is 10.1. The molecular formula is C20H16BrFN2O4. The van der Waals surface area contributed by atoms with Crippen molar-refractivity contribution in [2.75, 3.05) is 17.7 Å². The summed E-state index contributed by atoms with van der Waals surface area (Å²) in [6.45, 7) is 0. The van der Waals surface area contributed by atoms with E-state index < -0.39 is 5.82 Å². The minimum Gasteiger partial charge on any atom is -0.494 e. The molecule has 0 saturated heterocycles. The first-order chi connectivity index (χ1) is 13.4. The van der Waals surface area contributed by atoms with Crippen LogP contribution in [0.25, 0.3) is 0 Å². The molecule has 144 valence electrons. The van der Waals surface area contributed by atoms with Crippen LogP contribution < -0.4 is 15.4 Å². The SMILES string of the molecule is COc1ccc(NC(=O)Cc2ccc(NC(=O)c3ccc(Br)o3)cc2)cc1F. The van der Waals surface area contributed by atoms with Crippen LogP contribution in [0.2, 0.25) is 0 Å². The summed E-state index contributed by atoms with van der Waals surface area (Å²) in [6.07, 6.45) is 0.104. The second kappa shape index (κ2) is 8.71. The monoisotopic (exact) mass is 446 g/mol. The molecule has 8 heteroatoms. The summed E-state index contributed by atoms with van der Waals surface area (Å²) in [5.41, 5.74) is 1.65. The molecule has 0 atom stereocenters. The predicted octanol–water partition coefficient (Wildman–Crippen LogP) is 4.62. The Morgan fingerprint density at radius 3 is 2.36 bits per heavy atom. The van der Waals surface area contributed by atoms with Gasteiger partial charge in [0, 0.05) is 17.4 Å². The Kier molecular flexibility index (Phi) is 6.10. The second-order valence-corrected chi connectivity index (χ2v) is 6.61. The van der Waals surface area contributed by atoms with E-state index in [9.17, 15) is 14.0 Å². The predicted molar refractivity (Wildman–Crippen MR) is 106 cm³/mol. The Morgan fingerprint density at radius 2 is 1.75 bits per heavy atom. The minimum absolute atomic E-state index is 0.104. The van der Waals surface area contributed by atoms with Gasteiger partial charge < -0.3 is 19.8 Å². The number of benzene rings is 2. The number of rotatable bonds is 6. The van der Waals surface area contributed by atoms with Gasteiger partial charge in [-0.15, -0.1) is 0 Å². The van der Waals surface area contributed by atoms with Crippen molar-refractivity contribution in [2.24, 2.45) is 0 Å². The van der Waals surface area contributed by atoms with Gasteiger partial charge in [0.05, 0.1) is 13.5 Å². The Hall–Kier alpha value is -3.13. The maximum atomic E-state index is 13.7. The van der Waals surface area contributed by atoms with Gasteiger partial charge in [0.25, 0.3) is 5.91 Å². The van der Waals surface area contributed by atoms with E-state index in [1.807, 2.05) is 0 Å². The first-order valence-corrected chi connectivity index (χ1v) is 9.03. The molecule has 0 aliphatic carbocycles. The molecule has 28 heavy (non-hydrogen) atoms. The van der Waals surface area contributed by atoms with Gasteiger partial charge in [-0.2, -0.15) is 0 Å². The minimum atomic E-state index is -0.552. The van der Waals surface area contributed by atoms with E-state index in [0.29, 0.717) is 16.0 Å². The van der Waals surface area contributed by atoms with Gasteiger partial charge in [0.1, 0.15) is 0 Å². The third-order valence-corrected chi connectivity index (χ3v) is 4.24. The summed E-state index contributed by atoms with van der Waals surface area (Å²) in [4.78, 5) is 24.2. The smallest absolute Gasteiger partial charge is 0.291 e. The van der Waals surface area contributed by atoms with E-state index in [0.717, 1.165) is 5.56 Å². The van der Waals surface area contributed by atoms with Crippen LogP contribution in [0, 0.1) is 5.82 Å². The van der Waals surface area contributed by atoms with Crippen LogP contribution in [-0.4, -0.2) is 18.9 Å². The average Bonchev–Trinajstić information content (AvgIpc) is 3.10. The largest absolute Gasteiger partial charge is 0.494 e. The summed E-state index contributed by atoms with van der Waals surface area (Å²) < 4.78 is 24.2. The van der Waals surface area contributed by atoms with Gasteiger partial charge in [-0.1, -0.05) is 12.1 Å². The van der Waals surface area contributed by atoms with Gasteiger partial charge in [0.15, 0.2) is 22.0 Å². The van der Waals surface area contributed by atoms with Crippen molar-refractivity contribution < 1.29 is 23.1 Å². The lowest BCUT2D eigenvalue weighted by Crippen LogP contribution is -2.15. The molecule has 0 radical (unpaired) electrons. The fourth-order valence-electron chi connectivity index (χ4n) is 2.47. The van der Waals surface area contributed by atoms with Crippen molar-refractivity contribution in [3.8, 4) is 5.75 Å². The van der Waals surface area contributed by atoms with Crippen molar-refractivity contribution >= 4 is 39.1 Å². The van der Waals surface area contributed by atoms with Gasteiger partial charge in [-0.3, -0.25) is 9.59 Å². The van der Waals surface area contributed by atoms with E-state index in [2.05, 4.69) is 26.6 Å². The van der Waals surface area contributed by atoms with Crippen molar-refractivity contribution in [2.45, 2.75) is 6.42 Å². The second-order valence-electron chi connectivity index (χ2n) is 5.83. The molecule has 1 aromatic heterocycles. The van der Waals surface area contributed by atoms with E-state index in [1.165, 1.54) is 19.2 Å². The highest BCUT2D eigenvalue weighted by Crippen LogP contribution is 2.21. The zero-order chi connectivity index (χ0) is 20.1. The number of methoxy groups -OCH3 is 1. The highest BCUT2D eigenvalue weighted by atomic mass is 79.9. The van der Waals surface area contributed by atoms with E-state index in [-0.39, 0.29) is 29.7 Å². The quantitative estimate of drug-likeness (QED) is 0.578. The lowest BCUT2D eigenvalue weighted by Gasteiger charge is -2.08. The highest BCUT2D eigenvalue weighted by molar-refractivity contribution is 9.10. The van der Waals surface area contributed by atoms with Crippen LogP contribution >= 0.6 is 15.9 Å². The van der Waals surface area contributed by atoms with E-state index in [1.54, 1.807) is 42.5 Å². The topological polar surface area (TPSA) is 80.6 Å². The zero-order valence-electron chi connectivity index (χ0n) is 14.8. The van der Waals surface area contributed by atoms with Crippen LogP contribution in [0.1, 0.15) is 16.1 Å². The number of anilines is 2. The molecule has 2 amide bonds. The average molecular weight is 447 g/mol. The molecule has 3 rings (SSSR count). The number of hydrogen-bond donors (Lipinski definition) is 2. The number of ether oxygens (including phenoxy) is 1. The number of nitrogens with one attached hydrogen (secondary N) is 2. The van der Waals surface area contributed by atoms with Crippen LogP contribution in [0.4, 0.5) is 15.8 Å². The Morgan fingerprint density at radius 1 is 1.04 bits per heavy atom. The van der Waals surface area contributed by atoms with Crippen LogP contribution in [-0.2, 0) is 11.2 Å². The number of carbonyl (C=O) groups is 2. The summed E-state index contributed by atoms with van der Waals surface area (Å²) in [5, 5.41) is 5.33. The highest BCUT2D eigenvalue weighted by Gasteiger charge is 2.11. The van der Waals surface area contributed by atoms with E-state index in [4.69, 9.17) is 9.15 Å². The normalized spacial score (nSPS) is 10.4. The van der Waals surface area contributed by atoms with Crippen LogP contribution in [0.5, 0.6) is 5.75 Å². The molecule has 0 aliphatic rings. The van der Waals surface area contributed by atoms with Crippen molar-refractivity contribution in [3.63, 3.8) is 0 Å². The number of hydrogen-bond acceptors (Lipinski definition) is 4. The van der Waals surface area contributed by atoms with Crippen molar-refractivity contribution in [3.05, 3.63) is 76.4 Å². The third kappa shape index (κ3) is 4.98. The number of halogens is 2. The molecule has 0 spiro atoms. The molecule has 0 aliphatic heterocycles. The van der Waals surface area contributed by atoms with Gasteiger partial charge >= 0.3 is 0 Å². The molecule has 0 unspecified atom stereocenters. The van der Waals surface area contributed by atoms with Crippen molar-refractivity contribution in [1.82, 2.24) is 0 Å². The van der Waals surface area contributed by atoms with Crippen molar-refractivity contribution in [1.29, 1.82) is 0 Å². The standard InChI is InChI=1S/C20H16BrFN2O4/c1-27-16-7-6-14(11-15(16)22)23-19(25)10-12-2-4-13(5-3-12)24-20(26)17-8-9-18(21)28-17/h2-9,11H,10H2,1H3,(H,23,25)(H,24,26). The summed E-state index contributed by atoms with van der Waals surface area (Å²) in [5.74, 6) is -0.928. The zero-order valence-corrected chi connectivity index (χ0v) is 16.4. The molecule has 3 aromatic rings. The molecule has 0 saturated carbocycles. The van der Waals surface area contributed by atoms with Gasteiger partial charge in [0.2, 0.25) is 5.91 Å². The molecule has 1 heterocycles. The maximum Gasteiger partial charge on any atom is 0.291 e. The first-order valence-electron chi connectivity index (χ1n) is 8.23. The molecule has 0 bridgehead atoms. The molecule has 2 N–H and O–H groups in total. The summed E-state index contributed by atoms with van der Waals surface area (Å²) in [6, 6.07) is 14.2. The summed E-state index contributed by atoms with van der Waals surface area (Å²) >= 11 is 3.14. The Balaban J connectivity index is 1.57. The van der Waals surface area contributed by atoms with Gasteiger partial charge in [-0.05, 0) is 57.9 Å². The first kappa shape index (κ1) is 19.6. The molecule has 6 nitrogen and oxygen atoms in total. The fraction of sp³-hybridized carbons (Fsp3) is 0.100. The summed E-state index contributed by atoms with van der Waals surface area (Å²) in [7, 11) is 1.37. The van der Waals surface area contributed by atoms with E-state index >= 15 is 0 Å². The number of furan rings is 1. The Labute approximate surface area is 168 Å². The lowest BCUT2D eigenvalue weighted by molar-refractivity contribution is -0.115. The maximum absolute atomic E-state index is 13.7. The fourth-order valence-corrected chi connectivity index (χ4v) is 2.78. The van der Waals surface area contributed by atoms with Crippen LogP contribution in [0.3, 0.4) is 0 Å². The third-order valence-electron chi connectivity index (χ3n) is 3.81. The molecule has 0 fully saturated rings. The molecular weight excluding hydrogens is 431 g/mol. The Bertz CT molecular complexity index is 1000.